The molecule has 0 aliphatic heterocycles. The third kappa shape index (κ3) is 7.96. The van der Waals surface area contributed by atoms with Crippen LogP contribution in [0.3, 0.4) is 0 Å². The molecule has 0 saturated carbocycles. The predicted molar refractivity (Wildman–Crippen MR) is 112 cm³/mol. The zero-order valence-corrected chi connectivity index (χ0v) is 20.7. The van der Waals surface area contributed by atoms with Crippen molar-refractivity contribution in [2.75, 3.05) is 27.3 Å². The lowest BCUT2D eigenvalue weighted by atomic mass is 10.3. The van der Waals surface area contributed by atoms with Crippen molar-refractivity contribution in [2.45, 2.75) is 83.6 Å². The van der Waals surface area contributed by atoms with E-state index in [9.17, 15) is 0 Å². The van der Waals surface area contributed by atoms with E-state index in [2.05, 4.69) is 64.2 Å². The number of hydrogen-bond donors (Lipinski definition) is 0. The van der Waals surface area contributed by atoms with E-state index < -0.39 is 24.9 Å². The molecule has 0 radical (unpaired) electrons. The molecular weight excluding hydrogens is 334 g/mol. The summed E-state index contributed by atoms with van der Waals surface area (Å²) < 4.78 is 14.4. The van der Waals surface area contributed by atoms with Crippen LogP contribution in [-0.2, 0) is 8.85 Å². The van der Waals surface area contributed by atoms with E-state index >= 15 is 0 Å². The van der Waals surface area contributed by atoms with E-state index in [1.165, 1.54) is 25.9 Å². The molecule has 0 aromatic heterocycles. The van der Waals surface area contributed by atoms with E-state index in [0.717, 1.165) is 0 Å². The van der Waals surface area contributed by atoms with Crippen molar-refractivity contribution in [3.8, 4) is 0 Å². The fourth-order valence-corrected chi connectivity index (χ4v) is 6.63. The van der Waals surface area contributed by atoms with Crippen LogP contribution in [0.25, 0.3) is 0 Å². The monoisotopic (exact) mass is 377 g/mol. The molecule has 0 amide bonds. The summed E-state index contributed by atoms with van der Waals surface area (Å²) in [5.74, 6) is 0. The molecule has 2 unspecified atom stereocenters. The molecule has 0 rings (SSSR count). The molecule has 0 saturated heterocycles. The van der Waals surface area contributed by atoms with Gasteiger partial charge in [0.1, 0.15) is 8.24 Å². The van der Waals surface area contributed by atoms with Crippen LogP contribution < -0.4 is 0 Å². The number of rotatable bonds is 11. The minimum absolute atomic E-state index is 0.702. The first-order valence-corrected chi connectivity index (χ1v) is 18.5. The largest absolute Gasteiger partial charge is 0.420 e. The lowest BCUT2D eigenvalue weighted by Crippen LogP contribution is -2.49. The van der Waals surface area contributed by atoms with Gasteiger partial charge in [-0.2, -0.15) is 0 Å². The molecule has 140 valence electrons. The quantitative estimate of drug-likeness (QED) is 0.451. The maximum Gasteiger partial charge on any atom is 0.189 e. The van der Waals surface area contributed by atoms with Gasteiger partial charge >= 0.3 is 0 Å². The first kappa shape index (κ1) is 23.5. The van der Waals surface area contributed by atoms with Gasteiger partial charge in [-0.3, -0.25) is 0 Å². The zero-order chi connectivity index (χ0) is 18.5. The summed E-state index contributed by atoms with van der Waals surface area (Å²) in [6.45, 7) is 24.0. The van der Waals surface area contributed by atoms with Crippen molar-refractivity contribution >= 4 is 24.9 Å². The van der Waals surface area contributed by atoms with Crippen molar-refractivity contribution in [2.24, 2.45) is 0 Å². The molecule has 6 heteroatoms. The summed E-state index contributed by atoms with van der Waals surface area (Å²) in [4.78, 5) is 0. The van der Waals surface area contributed by atoms with Gasteiger partial charge in [0.25, 0.3) is 0 Å². The van der Waals surface area contributed by atoms with Gasteiger partial charge in [0.15, 0.2) is 16.6 Å². The Hall–Kier alpha value is 0.531. The van der Waals surface area contributed by atoms with Crippen molar-refractivity contribution in [1.29, 1.82) is 0 Å². The average molecular weight is 378 g/mol. The molecule has 0 N–H and O–H groups in total. The Balaban J connectivity index is 4.69. The van der Waals surface area contributed by atoms with Crippen LogP contribution in [0.4, 0.5) is 0 Å². The Morgan fingerprint density at radius 1 is 0.696 bits per heavy atom. The maximum absolute atomic E-state index is 5.80. The summed E-state index contributed by atoms with van der Waals surface area (Å²) in [6, 6.07) is 0. The zero-order valence-electron chi connectivity index (χ0n) is 17.7. The lowest BCUT2D eigenvalue weighted by molar-refractivity contribution is 0.355. The van der Waals surface area contributed by atoms with Gasteiger partial charge in [-0.15, -0.1) is 0 Å². The maximum atomic E-state index is 5.80. The van der Waals surface area contributed by atoms with Crippen LogP contribution in [-0.4, -0.2) is 56.7 Å². The Morgan fingerprint density at radius 2 is 1.00 bits per heavy atom. The minimum atomic E-state index is -1.51. The third-order valence-electron chi connectivity index (χ3n) is 6.04. The van der Waals surface area contributed by atoms with E-state index in [-0.39, 0.29) is 0 Å². The molecule has 0 aromatic rings. The van der Waals surface area contributed by atoms with Crippen LogP contribution in [0.5, 0.6) is 0 Å². The van der Waals surface area contributed by atoms with Crippen molar-refractivity contribution in [1.82, 2.24) is 4.57 Å². The number of nitrogens with zero attached hydrogens (tertiary/aromatic N) is 1. The molecule has 23 heavy (non-hydrogen) atoms. The Labute approximate surface area is 149 Å². The second kappa shape index (κ2) is 9.29. The van der Waals surface area contributed by atoms with Gasteiger partial charge in [-0.1, -0.05) is 33.5 Å². The summed E-state index contributed by atoms with van der Waals surface area (Å²) in [7, 11) is -0.525. The van der Waals surface area contributed by atoms with Gasteiger partial charge in [0.2, 0.25) is 0 Å². The van der Waals surface area contributed by atoms with Crippen LogP contribution in [0.15, 0.2) is 0 Å². The normalized spacial score (nSPS) is 16.7. The highest BCUT2D eigenvalue weighted by Gasteiger charge is 2.33. The molecule has 2 atom stereocenters. The molecule has 0 fully saturated rings. The summed E-state index contributed by atoms with van der Waals surface area (Å²) in [6.07, 6.45) is 2.52. The first-order valence-electron chi connectivity index (χ1n) is 9.13. The number of hydrogen-bond acceptors (Lipinski definition) is 3. The van der Waals surface area contributed by atoms with Crippen LogP contribution in [0.2, 0.25) is 56.9 Å². The Morgan fingerprint density at radius 3 is 1.22 bits per heavy atom. The van der Waals surface area contributed by atoms with E-state index in [0.29, 0.717) is 11.1 Å². The van der Waals surface area contributed by atoms with Gasteiger partial charge in [-0.05, 0) is 63.2 Å². The molecule has 0 aromatic carbocycles. The van der Waals surface area contributed by atoms with Crippen molar-refractivity contribution in [3.63, 3.8) is 0 Å². The van der Waals surface area contributed by atoms with Crippen LogP contribution in [0, 0.1) is 0 Å². The van der Waals surface area contributed by atoms with Crippen LogP contribution in [0.1, 0.15) is 26.7 Å². The second-order valence-electron chi connectivity index (χ2n) is 9.15. The smallest absolute Gasteiger partial charge is 0.189 e. The highest BCUT2D eigenvalue weighted by molar-refractivity contribution is 6.74. The van der Waals surface area contributed by atoms with Gasteiger partial charge in [-0.25, -0.2) is 0 Å². The first-order chi connectivity index (χ1) is 10.3. The predicted octanol–water partition coefficient (Wildman–Crippen LogP) is 5.39. The van der Waals surface area contributed by atoms with Crippen LogP contribution >= 0.6 is 0 Å². The molecule has 0 aliphatic carbocycles. The average Bonchev–Trinajstić information content (AvgIpc) is 2.44. The Kier molecular flexibility index (Phi) is 9.50. The minimum Gasteiger partial charge on any atom is -0.420 e. The summed E-state index contributed by atoms with van der Waals surface area (Å²) in [5.41, 5.74) is 1.40. The topological polar surface area (TPSA) is 21.7 Å². The van der Waals surface area contributed by atoms with Gasteiger partial charge in [0, 0.05) is 14.2 Å². The molecule has 3 nitrogen and oxygen atoms in total. The fourth-order valence-electron chi connectivity index (χ4n) is 2.58. The standard InChI is InChI=1S/C17H43NO2Si3/c1-16(22(8,9)19-3)12-14-18(21(5,6)7)15-13-17(2)23(10,11)20-4/h16-17H,12-15H2,1-11H3. The molecule has 0 aliphatic rings. The fraction of sp³-hybridized carbons (Fsp3) is 1.00. The molecule has 0 heterocycles. The molecular formula is C17H43NO2Si3. The summed E-state index contributed by atoms with van der Waals surface area (Å²) >= 11 is 0. The highest BCUT2D eigenvalue weighted by Crippen LogP contribution is 2.29. The Bertz CT molecular complexity index is 317. The molecule has 0 bridgehead atoms. The van der Waals surface area contributed by atoms with Gasteiger partial charge < -0.3 is 13.4 Å². The second-order valence-corrected chi connectivity index (χ2v) is 23.3. The van der Waals surface area contributed by atoms with E-state index in [1.54, 1.807) is 0 Å². The lowest BCUT2D eigenvalue weighted by Gasteiger charge is -2.38. The van der Waals surface area contributed by atoms with E-state index in [4.69, 9.17) is 8.85 Å². The summed E-state index contributed by atoms with van der Waals surface area (Å²) in [5, 5.41) is 0. The third-order valence-corrected chi connectivity index (χ3v) is 15.8. The van der Waals surface area contributed by atoms with Crippen molar-refractivity contribution < 1.29 is 8.85 Å². The highest BCUT2D eigenvalue weighted by atomic mass is 28.4. The van der Waals surface area contributed by atoms with Crippen molar-refractivity contribution in [3.05, 3.63) is 0 Å². The van der Waals surface area contributed by atoms with E-state index in [1.807, 2.05) is 14.2 Å². The molecule has 0 spiro atoms. The SMILES string of the molecule is CO[Si](C)(C)C(C)CCN(CCC(C)[Si](C)(C)OC)[Si](C)(C)C. The van der Waals surface area contributed by atoms with Gasteiger partial charge in [0.05, 0.1) is 0 Å².